The number of ether oxygens (including phenoxy) is 1. The van der Waals surface area contributed by atoms with Crippen LogP contribution in [0.5, 0.6) is 0 Å². The molecule has 2 aromatic carbocycles. The van der Waals surface area contributed by atoms with Crippen molar-refractivity contribution in [1.82, 2.24) is 10.2 Å². The molecule has 1 aliphatic carbocycles. The van der Waals surface area contributed by atoms with Crippen molar-refractivity contribution in [3.05, 3.63) is 59.7 Å². The van der Waals surface area contributed by atoms with E-state index < -0.39 is 0 Å². The zero-order valence-electron chi connectivity index (χ0n) is 20.5. The standard InChI is InChI=1S/C28H37N3O3S/c32-27(29-20-23-6-2-1-3-7-23)21-35-26-9-5-4-8-25(26)28(33)30-24-12-10-22(11-13-24)14-15-31-16-18-34-19-17-31/h4-5,8-13,23H,1-3,6-7,14-21H2,(H,29,32)(H,30,33). The highest BCUT2D eigenvalue weighted by Gasteiger charge is 2.16. The maximum absolute atomic E-state index is 13.0. The van der Waals surface area contributed by atoms with E-state index in [-0.39, 0.29) is 11.8 Å². The van der Waals surface area contributed by atoms with Crippen LogP contribution in [0.1, 0.15) is 48.0 Å². The molecule has 0 radical (unpaired) electrons. The van der Waals surface area contributed by atoms with Crippen molar-refractivity contribution in [3.8, 4) is 0 Å². The number of carbonyl (C=O) groups excluding carboxylic acids is 2. The number of carbonyl (C=O) groups is 2. The third kappa shape index (κ3) is 8.37. The summed E-state index contributed by atoms with van der Waals surface area (Å²) < 4.78 is 5.41. The van der Waals surface area contributed by atoms with Crippen molar-refractivity contribution >= 4 is 29.3 Å². The molecule has 1 saturated heterocycles. The van der Waals surface area contributed by atoms with Crippen molar-refractivity contribution in [2.24, 2.45) is 5.92 Å². The van der Waals surface area contributed by atoms with E-state index in [2.05, 4.69) is 27.7 Å². The van der Waals surface area contributed by atoms with Gasteiger partial charge >= 0.3 is 0 Å². The summed E-state index contributed by atoms with van der Waals surface area (Å²) in [5.41, 5.74) is 2.62. The van der Waals surface area contributed by atoms with E-state index in [1.54, 1.807) is 0 Å². The van der Waals surface area contributed by atoms with Gasteiger partial charge in [0.2, 0.25) is 5.91 Å². The number of benzene rings is 2. The smallest absolute Gasteiger partial charge is 0.256 e. The number of morpholine rings is 1. The van der Waals surface area contributed by atoms with Crippen LogP contribution >= 0.6 is 11.8 Å². The van der Waals surface area contributed by atoms with Gasteiger partial charge < -0.3 is 15.4 Å². The molecule has 2 aromatic rings. The van der Waals surface area contributed by atoms with Crippen LogP contribution in [0, 0.1) is 5.92 Å². The number of rotatable bonds is 10. The summed E-state index contributed by atoms with van der Waals surface area (Å²) in [5, 5.41) is 6.09. The summed E-state index contributed by atoms with van der Waals surface area (Å²) in [6, 6.07) is 15.6. The summed E-state index contributed by atoms with van der Waals surface area (Å²) in [5.74, 6) is 0.802. The quantitative estimate of drug-likeness (QED) is 0.472. The lowest BCUT2D eigenvalue weighted by Gasteiger charge is -2.26. The Hall–Kier alpha value is -2.35. The SMILES string of the molecule is O=C(CSc1ccccc1C(=O)Nc1ccc(CCN2CCOCC2)cc1)NCC1CCCCC1. The number of amides is 2. The minimum absolute atomic E-state index is 0.0310. The molecule has 7 heteroatoms. The van der Waals surface area contributed by atoms with E-state index in [9.17, 15) is 9.59 Å². The molecule has 2 fully saturated rings. The van der Waals surface area contributed by atoms with Crippen molar-refractivity contribution < 1.29 is 14.3 Å². The number of thioether (sulfide) groups is 1. The molecular formula is C28H37N3O3S. The predicted octanol–water partition coefficient (Wildman–Crippen LogP) is 4.60. The first-order chi connectivity index (χ1) is 17.2. The van der Waals surface area contributed by atoms with Crippen LogP contribution < -0.4 is 10.6 Å². The van der Waals surface area contributed by atoms with Crippen LogP contribution in [-0.2, 0) is 16.0 Å². The molecule has 6 nitrogen and oxygen atoms in total. The Balaban J connectivity index is 1.25. The molecule has 0 bridgehead atoms. The third-order valence-electron chi connectivity index (χ3n) is 6.84. The number of anilines is 1. The van der Waals surface area contributed by atoms with Crippen molar-refractivity contribution in [2.75, 3.05) is 50.5 Å². The Labute approximate surface area is 213 Å². The normalized spacial score (nSPS) is 17.1. The molecule has 0 aromatic heterocycles. The first kappa shape index (κ1) is 25.7. The van der Waals surface area contributed by atoms with Gasteiger partial charge in [-0.15, -0.1) is 11.8 Å². The Morgan fingerprint density at radius 1 is 0.971 bits per heavy atom. The Morgan fingerprint density at radius 2 is 1.71 bits per heavy atom. The molecule has 2 amide bonds. The molecule has 4 rings (SSSR count). The summed E-state index contributed by atoms with van der Waals surface area (Å²) in [6.07, 6.45) is 7.27. The first-order valence-electron chi connectivity index (χ1n) is 12.9. The van der Waals surface area contributed by atoms with E-state index >= 15 is 0 Å². The topological polar surface area (TPSA) is 70.7 Å². The molecular weight excluding hydrogens is 458 g/mol. The fraction of sp³-hybridized carbons (Fsp3) is 0.500. The van der Waals surface area contributed by atoms with Gasteiger partial charge in [0.1, 0.15) is 0 Å². The second-order valence-corrected chi connectivity index (χ2v) is 10.5. The van der Waals surface area contributed by atoms with Crippen LogP contribution in [0.15, 0.2) is 53.4 Å². The predicted molar refractivity (Wildman–Crippen MR) is 142 cm³/mol. The van der Waals surface area contributed by atoms with Crippen molar-refractivity contribution in [2.45, 2.75) is 43.4 Å². The van der Waals surface area contributed by atoms with Crippen LogP contribution in [0.3, 0.4) is 0 Å². The van der Waals surface area contributed by atoms with Gasteiger partial charge in [0.25, 0.3) is 5.91 Å². The molecule has 0 spiro atoms. The number of hydrogen-bond acceptors (Lipinski definition) is 5. The van der Waals surface area contributed by atoms with Crippen molar-refractivity contribution in [1.29, 1.82) is 0 Å². The third-order valence-corrected chi connectivity index (χ3v) is 7.91. The van der Waals surface area contributed by atoms with E-state index in [1.165, 1.54) is 49.4 Å². The molecule has 0 unspecified atom stereocenters. The highest BCUT2D eigenvalue weighted by molar-refractivity contribution is 8.00. The van der Waals surface area contributed by atoms with Crippen LogP contribution in [0.2, 0.25) is 0 Å². The molecule has 188 valence electrons. The Bertz CT molecular complexity index is 954. The first-order valence-corrected chi connectivity index (χ1v) is 13.8. The van der Waals surface area contributed by atoms with E-state index in [1.807, 2.05) is 36.4 Å². The van der Waals surface area contributed by atoms with Gasteiger partial charge in [0.05, 0.1) is 24.5 Å². The van der Waals surface area contributed by atoms with Crippen LogP contribution in [0.25, 0.3) is 0 Å². The Morgan fingerprint density at radius 3 is 2.49 bits per heavy atom. The average molecular weight is 496 g/mol. The molecule has 1 heterocycles. The largest absolute Gasteiger partial charge is 0.379 e. The van der Waals surface area contributed by atoms with Gasteiger partial charge in [0, 0.05) is 36.8 Å². The number of hydrogen-bond donors (Lipinski definition) is 2. The molecule has 1 saturated carbocycles. The molecule has 1 aliphatic heterocycles. The van der Waals surface area contributed by atoms with Gasteiger partial charge in [0.15, 0.2) is 0 Å². The minimum Gasteiger partial charge on any atom is -0.379 e. The van der Waals surface area contributed by atoms with Gasteiger partial charge in [-0.3, -0.25) is 14.5 Å². The summed E-state index contributed by atoms with van der Waals surface area (Å²) in [6.45, 7) is 5.41. The highest BCUT2D eigenvalue weighted by Crippen LogP contribution is 2.25. The van der Waals surface area contributed by atoms with Crippen LogP contribution in [-0.4, -0.2) is 61.9 Å². The van der Waals surface area contributed by atoms with E-state index in [0.29, 0.717) is 17.2 Å². The number of nitrogens with zero attached hydrogens (tertiary/aromatic N) is 1. The fourth-order valence-electron chi connectivity index (χ4n) is 4.69. The zero-order chi connectivity index (χ0) is 24.3. The summed E-state index contributed by atoms with van der Waals surface area (Å²) >= 11 is 1.42. The second kappa shape index (κ2) is 13.7. The summed E-state index contributed by atoms with van der Waals surface area (Å²) in [4.78, 5) is 28.6. The van der Waals surface area contributed by atoms with Crippen LogP contribution in [0.4, 0.5) is 5.69 Å². The minimum atomic E-state index is -0.156. The van der Waals surface area contributed by atoms with Gasteiger partial charge in [-0.1, -0.05) is 43.5 Å². The lowest BCUT2D eigenvalue weighted by Crippen LogP contribution is -2.37. The van der Waals surface area contributed by atoms with Gasteiger partial charge in [-0.2, -0.15) is 0 Å². The lowest BCUT2D eigenvalue weighted by molar-refractivity contribution is -0.118. The number of nitrogens with one attached hydrogen (secondary N) is 2. The molecule has 0 atom stereocenters. The van der Waals surface area contributed by atoms with E-state index in [4.69, 9.17) is 4.74 Å². The summed E-state index contributed by atoms with van der Waals surface area (Å²) in [7, 11) is 0. The van der Waals surface area contributed by atoms with Gasteiger partial charge in [-0.25, -0.2) is 0 Å². The average Bonchev–Trinajstić information content (AvgIpc) is 2.91. The molecule has 35 heavy (non-hydrogen) atoms. The second-order valence-electron chi connectivity index (χ2n) is 9.45. The molecule has 2 aliphatic rings. The highest BCUT2D eigenvalue weighted by atomic mass is 32.2. The Kier molecular flexibility index (Phi) is 10.0. The monoisotopic (exact) mass is 495 g/mol. The maximum atomic E-state index is 13.0. The molecule has 2 N–H and O–H groups in total. The van der Waals surface area contributed by atoms with Crippen molar-refractivity contribution in [3.63, 3.8) is 0 Å². The van der Waals surface area contributed by atoms with E-state index in [0.717, 1.165) is 56.4 Å². The maximum Gasteiger partial charge on any atom is 0.256 e. The lowest BCUT2D eigenvalue weighted by atomic mass is 9.89. The zero-order valence-corrected chi connectivity index (χ0v) is 21.3. The fourth-order valence-corrected chi connectivity index (χ4v) is 5.57. The van der Waals surface area contributed by atoms with Gasteiger partial charge in [-0.05, 0) is 55.0 Å².